The molecular weight excluding hydrogens is 517 g/mol. The summed E-state index contributed by atoms with van der Waals surface area (Å²) in [5.74, 6) is -2.40. The van der Waals surface area contributed by atoms with Crippen LogP contribution in [-0.2, 0) is 30.5 Å². The van der Waals surface area contributed by atoms with Gasteiger partial charge in [0.25, 0.3) is 5.92 Å². The molecule has 1 N–H and O–H groups in total. The van der Waals surface area contributed by atoms with Crippen molar-refractivity contribution in [1.82, 2.24) is 19.7 Å². The fourth-order valence-corrected chi connectivity index (χ4v) is 5.49. The number of likely N-dealkylation sites (tertiary alicyclic amines) is 1. The minimum absolute atomic E-state index is 0.0213. The molecule has 2 aromatic rings. The molecule has 11 heteroatoms. The molecule has 0 spiro atoms. The number of pyridine rings is 1. The van der Waals surface area contributed by atoms with Crippen LogP contribution in [0.1, 0.15) is 41.6 Å². The van der Waals surface area contributed by atoms with Gasteiger partial charge >= 0.3 is 6.18 Å². The summed E-state index contributed by atoms with van der Waals surface area (Å²) in [5, 5.41) is 3.21. The van der Waals surface area contributed by atoms with Crippen molar-refractivity contribution in [2.75, 3.05) is 51.1 Å². The van der Waals surface area contributed by atoms with E-state index in [1.54, 1.807) is 0 Å². The second-order valence-corrected chi connectivity index (χ2v) is 10.9. The first-order valence-corrected chi connectivity index (χ1v) is 13.5. The lowest BCUT2D eigenvalue weighted by Gasteiger charge is -2.30. The number of rotatable bonds is 10. The van der Waals surface area contributed by atoms with Crippen LogP contribution in [-0.4, -0.2) is 77.3 Å². The summed E-state index contributed by atoms with van der Waals surface area (Å²) in [7, 11) is 0. The van der Waals surface area contributed by atoms with Gasteiger partial charge in [0.1, 0.15) is 0 Å². The predicted molar refractivity (Wildman–Crippen MR) is 137 cm³/mol. The number of carbonyl (C=O) groups is 1. The van der Waals surface area contributed by atoms with E-state index in [-0.39, 0.29) is 44.8 Å². The van der Waals surface area contributed by atoms with E-state index >= 15 is 0 Å². The summed E-state index contributed by atoms with van der Waals surface area (Å²) in [6, 6.07) is 8.10. The second kappa shape index (κ2) is 11.4. The number of hydrogen-bond acceptors (Lipinski definition) is 5. The third-order valence-corrected chi connectivity index (χ3v) is 7.81. The van der Waals surface area contributed by atoms with Crippen LogP contribution in [0.5, 0.6) is 0 Å². The molecule has 1 saturated carbocycles. The largest absolute Gasteiger partial charge is 0.418 e. The molecule has 5 rings (SSSR count). The minimum Gasteiger partial charge on any atom is -0.376 e. The first-order valence-electron chi connectivity index (χ1n) is 13.5. The Balaban J connectivity index is 1.27. The van der Waals surface area contributed by atoms with Crippen LogP contribution >= 0.6 is 0 Å². The van der Waals surface area contributed by atoms with E-state index in [1.165, 1.54) is 40.5 Å². The number of hydrogen-bond donors (Lipinski definition) is 1. The summed E-state index contributed by atoms with van der Waals surface area (Å²) in [6.07, 6.45) is -0.174. The smallest absolute Gasteiger partial charge is 0.376 e. The van der Waals surface area contributed by atoms with Gasteiger partial charge in [-0.25, -0.2) is 8.78 Å². The average molecular weight is 552 g/mol. The molecule has 1 saturated heterocycles. The Kier molecular flexibility index (Phi) is 8.09. The van der Waals surface area contributed by atoms with Crippen molar-refractivity contribution < 1.29 is 26.7 Å². The molecule has 1 aliphatic carbocycles. The zero-order valence-corrected chi connectivity index (χ0v) is 21.8. The third kappa shape index (κ3) is 7.25. The van der Waals surface area contributed by atoms with Crippen LogP contribution in [0.4, 0.5) is 27.6 Å². The van der Waals surface area contributed by atoms with Crippen LogP contribution < -0.4 is 5.32 Å². The number of alkyl halides is 5. The van der Waals surface area contributed by atoms with Gasteiger partial charge in [-0.05, 0) is 54.5 Å². The van der Waals surface area contributed by atoms with Crippen LogP contribution in [0, 0.1) is 5.92 Å². The van der Waals surface area contributed by atoms with E-state index in [2.05, 4.69) is 21.3 Å². The Bertz CT molecular complexity index is 1170. The summed E-state index contributed by atoms with van der Waals surface area (Å²) in [4.78, 5) is 22.5. The molecule has 0 atom stereocenters. The Morgan fingerprint density at radius 2 is 1.95 bits per heavy atom. The van der Waals surface area contributed by atoms with Crippen molar-refractivity contribution >= 4 is 11.6 Å². The number of benzene rings is 1. The van der Waals surface area contributed by atoms with E-state index in [1.807, 2.05) is 12.1 Å². The number of amides is 1. The molecule has 2 fully saturated rings. The van der Waals surface area contributed by atoms with E-state index in [0.717, 1.165) is 49.3 Å². The Labute approximate surface area is 225 Å². The topological polar surface area (TPSA) is 51.7 Å². The molecule has 0 bridgehead atoms. The van der Waals surface area contributed by atoms with Crippen LogP contribution in [0.25, 0.3) is 0 Å². The number of carbonyl (C=O) groups excluding carboxylic acids is 1. The van der Waals surface area contributed by atoms with Crippen molar-refractivity contribution in [3.8, 4) is 0 Å². The maximum atomic E-state index is 13.7. The van der Waals surface area contributed by atoms with Crippen molar-refractivity contribution in [1.29, 1.82) is 0 Å². The molecule has 3 aliphatic rings. The van der Waals surface area contributed by atoms with Crippen LogP contribution in [0.3, 0.4) is 0 Å². The molecule has 1 amide bonds. The fraction of sp³-hybridized carbons (Fsp3) is 0.571. The molecular formula is C28H34F5N5O. The second-order valence-electron chi connectivity index (χ2n) is 10.9. The lowest BCUT2D eigenvalue weighted by atomic mass is 9.97. The number of nitrogens with zero attached hydrogens (tertiary/aromatic N) is 4. The molecule has 6 nitrogen and oxygen atoms in total. The lowest BCUT2D eigenvalue weighted by molar-refractivity contribution is -0.140. The van der Waals surface area contributed by atoms with Gasteiger partial charge in [0.2, 0.25) is 5.91 Å². The highest BCUT2D eigenvalue weighted by Crippen LogP contribution is 2.34. The Morgan fingerprint density at radius 3 is 2.67 bits per heavy atom. The number of halogens is 5. The normalized spacial score (nSPS) is 19.6. The zero-order chi connectivity index (χ0) is 27.6. The fourth-order valence-electron chi connectivity index (χ4n) is 5.49. The van der Waals surface area contributed by atoms with E-state index < -0.39 is 30.1 Å². The van der Waals surface area contributed by atoms with Gasteiger partial charge in [-0.1, -0.05) is 12.1 Å². The standard InChI is InChI=1S/C28H34F5N5O/c29-27(30)9-12-36(19-27)13-14-38(18-25-23(28(31,32)33)4-2-10-34-25)26(39)15-35-24-5-1-3-21-17-37(11-8-22(21)24)16-20-6-7-20/h1-5,10,20,35H,6-9,11-19H2. The summed E-state index contributed by atoms with van der Waals surface area (Å²) >= 11 is 0. The Morgan fingerprint density at radius 1 is 1.13 bits per heavy atom. The summed E-state index contributed by atoms with van der Waals surface area (Å²) in [6.45, 7) is 2.37. The van der Waals surface area contributed by atoms with E-state index in [9.17, 15) is 26.7 Å². The van der Waals surface area contributed by atoms with E-state index in [4.69, 9.17) is 0 Å². The number of fused-ring (bicyclic) bond motifs is 1. The van der Waals surface area contributed by atoms with Gasteiger partial charge in [0, 0.05) is 57.6 Å². The minimum atomic E-state index is -4.62. The molecule has 2 aliphatic heterocycles. The van der Waals surface area contributed by atoms with Gasteiger partial charge in [-0.2, -0.15) is 13.2 Å². The van der Waals surface area contributed by atoms with Gasteiger partial charge in [0.15, 0.2) is 0 Å². The summed E-state index contributed by atoms with van der Waals surface area (Å²) in [5.41, 5.74) is 2.05. The number of nitrogens with one attached hydrogen (secondary N) is 1. The predicted octanol–water partition coefficient (Wildman–Crippen LogP) is 4.65. The molecule has 1 aromatic heterocycles. The maximum Gasteiger partial charge on any atom is 0.418 e. The highest BCUT2D eigenvalue weighted by atomic mass is 19.4. The van der Waals surface area contributed by atoms with Gasteiger partial charge in [-0.15, -0.1) is 0 Å². The van der Waals surface area contributed by atoms with Crippen molar-refractivity contribution in [3.63, 3.8) is 0 Å². The van der Waals surface area contributed by atoms with Crippen LogP contribution in [0.15, 0.2) is 36.5 Å². The molecule has 39 heavy (non-hydrogen) atoms. The van der Waals surface area contributed by atoms with Crippen molar-refractivity contribution in [3.05, 3.63) is 58.9 Å². The third-order valence-electron chi connectivity index (χ3n) is 7.81. The van der Waals surface area contributed by atoms with E-state index in [0.29, 0.717) is 0 Å². The quantitative estimate of drug-likeness (QED) is 0.436. The van der Waals surface area contributed by atoms with Crippen molar-refractivity contribution in [2.24, 2.45) is 5.92 Å². The lowest BCUT2D eigenvalue weighted by Crippen LogP contribution is -2.41. The highest BCUT2D eigenvalue weighted by Gasteiger charge is 2.38. The SMILES string of the molecule is O=C(CNc1cccc2c1CCN(CC1CC1)C2)N(CCN1CCC(F)(F)C1)Cc1ncccc1C(F)(F)F. The van der Waals surface area contributed by atoms with Gasteiger partial charge in [-0.3, -0.25) is 19.6 Å². The van der Waals surface area contributed by atoms with Gasteiger partial charge < -0.3 is 10.2 Å². The maximum absolute atomic E-state index is 13.7. The zero-order valence-electron chi connectivity index (χ0n) is 21.8. The molecule has 0 unspecified atom stereocenters. The molecule has 212 valence electrons. The number of aromatic nitrogens is 1. The molecule has 1 aromatic carbocycles. The molecule has 0 radical (unpaired) electrons. The highest BCUT2D eigenvalue weighted by molar-refractivity contribution is 5.81. The van der Waals surface area contributed by atoms with Crippen molar-refractivity contribution in [2.45, 2.75) is 50.9 Å². The Hall–Kier alpha value is -2.79. The van der Waals surface area contributed by atoms with Crippen LogP contribution in [0.2, 0.25) is 0 Å². The van der Waals surface area contributed by atoms with Gasteiger partial charge in [0.05, 0.1) is 30.9 Å². The summed E-state index contributed by atoms with van der Waals surface area (Å²) < 4.78 is 68.1. The average Bonchev–Trinajstić information content (AvgIpc) is 3.64. The first-order chi connectivity index (χ1) is 18.6. The monoisotopic (exact) mass is 551 g/mol. The number of anilines is 1. The molecule has 3 heterocycles. The first kappa shape index (κ1) is 27.8.